The summed E-state index contributed by atoms with van der Waals surface area (Å²) in [5.74, 6) is 4.87. The average Bonchev–Trinajstić information content (AvgIpc) is 2.81. The standard InChI is InChI=1S/C20H43NO11/c21-32-20-19-31-18-17-30-16-15-29-14-13-28-12-11-27-10-9-26-8-7-25-6-5-24-4-3-23-2-1-22/h22H,1-21H2. The van der Waals surface area contributed by atoms with Crippen molar-refractivity contribution in [3.8, 4) is 0 Å². The van der Waals surface area contributed by atoms with Crippen molar-refractivity contribution in [2.24, 2.45) is 5.90 Å². The van der Waals surface area contributed by atoms with Gasteiger partial charge in [-0.2, -0.15) is 0 Å². The van der Waals surface area contributed by atoms with E-state index in [1.807, 2.05) is 0 Å². The molecule has 0 radical (unpaired) electrons. The Morgan fingerprint density at radius 1 is 0.312 bits per heavy atom. The number of rotatable bonds is 29. The first kappa shape index (κ1) is 31.5. The maximum absolute atomic E-state index is 8.54. The van der Waals surface area contributed by atoms with Gasteiger partial charge in [0.25, 0.3) is 0 Å². The highest BCUT2D eigenvalue weighted by Crippen LogP contribution is 1.86. The van der Waals surface area contributed by atoms with Crippen LogP contribution in [-0.4, -0.2) is 137 Å². The van der Waals surface area contributed by atoms with E-state index in [9.17, 15) is 0 Å². The van der Waals surface area contributed by atoms with Crippen LogP contribution in [0.1, 0.15) is 0 Å². The number of aliphatic hydroxyl groups excluding tert-OH is 1. The molecule has 194 valence electrons. The molecule has 32 heavy (non-hydrogen) atoms. The molecule has 0 aliphatic rings. The number of ether oxygens (including phenoxy) is 9. The summed E-state index contributed by atoms with van der Waals surface area (Å²) < 4.78 is 47.9. The van der Waals surface area contributed by atoms with E-state index in [2.05, 4.69) is 4.84 Å². The molecular formula is C20H43NO11. The van der Waals surface area contributed by atoms with E-state index < -0.39 is 0 Å². The topological polar surface area (TPSA) is 139 Å². The van der Waals surface area contributed by atoms with Crippen molar-refractivity contribution in [1.29, 1.82) is 0 Å². The maximum atomic E-state index is 8.54. The van der Waals surface area contributed by atoms with Gasteiger partial charge in [-0.15, -0.1) is 0 Å². The second kappa shape index (κ2) is 30.5. The van der Waals surface area contributed by atoms with Gasteiger partial charge in [0.05, 0.1) is 132 Å². The third-order valence-corrected chi connectivity index (χ3v) is 3.56. The zero-order valence-corrected chi connectivity index (χ0v) is 19.2. The fourth-order valence-corrected chi connectivity index (χ4v) is 2.03. The predicted octanol–water partition coefficient (Wildman–Crippen LogP) is -0.982. The van der Waals surface area contributed by atoms with Crippen LogP contribution in [0.2, 0.25) is 0 Å². The molecule has 0 aliphatic carbocycles. The van der Waals surface area contributed by atoms with Gasteiger partial charge < -0.3 is 52.6 Å². The molecule has 0 aromatic heterocycles. The lowest BCUT2D eigenvalue weighted by Crippen LogP contribution is -2.15. The number of hydrogen-bond donors (Lipinski definition) is 2. The second-order valence-corrected chi connectivity index (χ2v) is 6.11. The van der Waals surface area contributed by atoms with E-state index in [1.165, 1.54) is 0 Å². The first-order valence-corrected chi connectivity index (χ1v) is 11.0. The largest absolute Gasteiger partial charge is 0.394 e. The Morgan fingerprint density at radius 3 is 0.688 bits per heavy atom. The van der Waals surface area contributed by atoms with Crippen LogP contribution in [0.5, 0.6) is 0 Å². The smallest absolute Gasteiger partial charge is 0.0913 e. The molecule has 12 heteroatoms. The van der Waals surface area contributed by atoms with Gasteiger partial charge in [0.15, 0.2) is 0 Å². The molecule has 0 spiro atoms. The minimum atomic E-state index is 0.0280. The van der Waals surface area contributed by atoms with E-state index >= 15 is 0 Å². The normalized spacial score (nSPS) is 11.4. The highest BCUT2D eigenvalue weighted by atomic mass is 16.6. The molecule has 12 nitrogen and oxygen atoms in total. The van der Waals surface area contributed by atoms with Crippen LogP contribution >= 0.6 is 0 Å². The predicted molar refractivity (Wildman–Crippen MR) is 115 cm³/mol. The summed E-state index contributed by atoms with van der Waals surface area (Å²) in [5.41, 5.74) is 0. The van der Waals surface area contributed by atoms with Crippen LogP contribution < -0.4 is 5.90 Å². The summed E-state index contributed by atoms with van der Waals surface area (Å²) in [4.78, 5) is 4.38. The summed E-state index contributed by atoms with van der Waals surface area (Å²) in [5, 5.41) is 8.54. The SMILES string of the molecule is NOCCOCCOCCOCCOCCOCCOCCOCCOCCOCCO. The number of aliphatic hydroxyl groups is 1. The third kappa shape index (κ3) is 29.5. The fraction of sp³-hybridized carbons (Fsp3) is 1.00. The third-order valence-electron chi connectivity index (χ3n) is 3.56. The quantitative estimate of drug-likeness (QED) is 0.102. The molecule has 0 bridgehead atoms. The van der Waals surface area contributed by atoms with E-state index in [-0.39, 0.29) is 6.61 Å². The van der Waals surface area contributed by atoms with Crippen LogP contribution in [0, 0.1) is 0 Å². The van der Waals surface area contributed by atoms with Crippen molar-refractivity contribution in [2.45, 2.75) is 0 Å². The number of hydrogen-bond acceptors (Lipinski definition) is 12. The van der Waals surface area contributed by atoms with Gasteiger partial charge in [-0.25, -0.2) is 5.90 Å². The lowest BCUT2D eigenvalue weighted by Gasteiger charge is -2.08. The minimum Gasteiger partial charge on any atom is -0.394 e. The Kier molecular flexibility index (Phi) is 30.1. The van der Waals surface area contributed by atoms with Crippen molar-refractivity contribution in [3.05, 3.63) is 0 Å². The average molecular weight is 474 g/mol. The summed E-state index contributed by atoms with van der Waals surface area (Å²) in [6.45, 7) is 9.32. The summed E-state index contributed by atoms with van der Waals surface area (Å²) in [6.07, 6.45) is 0. The molecule has 0 aliphatic heterocycles. The van der Waals surface area contributed by atoms with Crippen LogP contribution in [0.4, 0.5) is 0 Å². The molecule has 0 amide bonds. The lowest BCUT2D eigenvalue weighted by molar-refractivity contribution is -0.0268. The van der Waals surface area contributed by atoms with Crippen molar-refractivity contribution in [1.82, 2.24) is 0 Å². The van der Waals surface area contributed by atoms with Crippen molar-refractivity contribution < 1.29 is 52.6 Å². The molecule has 0 rings (SSSR count). The number of nitrogens with two attached hydrogens (primary N) is 1. The monoisotopic (exact) mass is 473 g/mol. The van der Waals surface area contributed by atoms with Gasteiger partial charge in [0.2, 0.25) is 0 Å². The fourth-order valence-electron chi connectivity index (χ4n) is 2.03. The minimum absolute atomic E-state index is 0.0280. The van der Waals surface area contributed by atoms with Crippen molar-refractivity contribution in [3.63, 3.8) is 0 Å². The Balaban J connectivity index is 2.98. The van der Waals surface area contributed by atoms with Crippen LogP contribution in [-0.2, 0) is 47.5 Å². The molecule has 0 unspecified atom stereocenters. The van der Waals surface area contributed by atoms with Gasteiger partial charge >= 0.3 is 0 Å². The summed E-state index contributed by atoms with van der Waals surface area (Å²) in [6, 6.07) is 0. The molecule has 0 aromatic carbocycles. The first-order chi connectivity index (χ1) is 15.9. The molecular weight excluding hydrogens is 430 g/mol. The van der Waals surface area contributed by atoms with Crippen molar-refractivity contribution in [2.75, 3.05) is 132 Å². The first-order valence-electron chi connectivity index (χ1n) is 11.0. The molecule has 0 fully saturated rings. The van der Waals surface area contributed by atoms with Gasteiger partial charge in [-0.1, -0.05) is 0 Å². The summed E-state index contributed by atoms with van der Waals surface area (Å²) >= 11 is 0. The van der Waals surface area contributed by atoms with Gasteiger partial charge in [-0.05, 0) is 0 Å². The van der Waals surface area contributed by atoms with Gasteiger partial charge in [0.1, 0.15) is 0 Å². The van der Waals surface area contributed by atoms with Gasteiger partial charge in [-0.3, -0.25) is 0 Å². The molecule has 0 atom stereocenters. The lowest BCUT2D eigenvalue weighted by atomic mass is 10.6. The molecule has 0 saturated heterocycles. The summed E-state index contributed by atoms with van der Waals surface area (Å²) in [7, 11) is 0. The Labute approximate surface area is 191 Å². The zero-order chi connectivity index (χ0) is 23.2. The molecule has 0 saturated carbocycles. The van der Waals surface area contributed by atoms with E-state index in [0.717, 1.165) is 0 Å². The highest BCUT2D eigenvalue weighted by Gasteiger charge is 1.95. The molecule has 3 N–H and O–H groups in total. The van der Waals surface area contributed by atoms with E-state index in [4.69, 9.17) is 53.6 Å². The Hall–Kier alpha value is -0.480. The maximum Gasteiger partial charge on any atom is 0.0913 e. The van der Waals surface area contributed by atoms with Gasteiger partial charge in [0, 0.05) is 0 Å². The van der Waals surface area contributed by atoms with Crippen LogP contribution in [0.15, 0.2) is 0 Å². The highest BCUT2D eigenvalue weighted by molar-refractivity contribution is 4.38. The second-order valence-electron chi connectivity index (χ2n) is 6.11. The van der Waals surface area contributed by atoms with Crippen LogP contribution in [0.25, 0.3) is 0 Å². The molecule has 0 heterocycles. The zero-order valence-electron chi connectivity index (χ0n) is 19.2. The molecule has 0 aromatic rings. The van der Waals surface area contributed by atoms with E-state index in [1.54, 1.807) is 0 Å². The van der Waals surface area contributed by atoms with Crippen molar-refractivity contribution >= 4 is 0 Å². The van der Waals surface area contributed by atoms with Crippen LogP contribution in [0.3, 0.4) is 0 Å². The Bertz CT molecular complexity index is 300. The van der Waals surface area contributed by atoms with E-state index in [0.29, 0.717) is 126 Å². The Morgan fingerprint density at radius 2 is 0.500 bits per heavy atom.